The number of amides is 2. The second-order valence-corrected chi connectivity index (χ2v) is 9.92. The largest absolute Gasteiger partial charge is 0.344 e. The van der Waals surface area contributed by atoms with E-state index >= 15 is 0 Å². The Bertz CT molecular complexity index is 821. The lowest BCUT2D eigenvalue weighted by molar-refractivity contribution is -0.127. The summed E-state index contributed by atoms with van der Waals surface area (Å²) in [4.78, 5) is 24.8. The van der Waals surface area contributed by atoms with Gasteiger partial charge in [-0.1, -0.05) is 53.1 Å². The molecule has 1 atom stereocenters. The van der Waals surface area contributed by atoms with Gasteiger partial charge < -0.3 is 10.6 Å². The van der Waals surface area contributed by atoms with Crippen LogP contribution in [0.5, 0.6) is 0 Å². The molecule has 0 saturated carbocycles. The lowest BCUT2D eigenvalue weighted by atomic mass is 10.0. The summed E-state index contributed by atoms with van der Waals surface area (Å²) < 4.78 is 26.9. The molecule has 0 bridgehead atoms. The van der Waals surface area contributed by atoms with Gasteiger partial charge >= 0.3 is 0 Å². The number of rotatable bonds is 10. The number of carbonyl (C=O) groups is 2. The third-order valence-electron chi connectivity index (χ3n) is 4.38. The summed E-state index contributed by atoms with van der Waals surface area (Å²) in [6.45, 7) is 11.6. The number of anilines is 1. The highest BCUT2D eigenvalue weighted by molar-refractivity contribution is 7.89. The van der Waals surface area contributed by atoms with Crippen LogP contribution in [0.3, 0.4) is 0 Å². The fraction of sp³-hybridized carbons (Fsp3) is 0.600. The molecule has 2 amide bonds. The Morgan fingerprint density at radius 3 is 2.17 bits per heavy atom. The Balaban J connectivity index is 3.10. The molecule has 0 saturated heterocycles. The predicted octanol–water partition coefficient (Wildman–Crippen LogP) is 3.50. The number of hydrogen-bond acceptors (Lipinski definition) is 4. The van der Waals surface area contributed by atoms with E-state index < -0.39 is 22.0 Å². The molecule has 0 spiro atoms. The third-order valence-corrected chi connectivity index (χ3v) is 6.91. The van der Waals surface area contributed by atoms with Crippen molar-refractivity contribution in [3.63, 3.8) is 0 Å². The molecular weight excluding hydrogens is 414 g/mol. The topological polar surface area (TPSA) is 95.6 Å². The Kier molecular flexibility index (Phi) is 9.58. The van der Waals surface area contributed by atoms with Crippen molar-refractivity contribution in [3.05, 3.63) is 23.2 Å². The molecule has 1 rings (SSSR count). The van der Waals surface area contributed by atoms with Crippen LogP contribution < -0.4 is 10.6 Å². The van der Waals surface area contributed by atoms with Gasteiger partial charge in [-0.3, -0.25) is 9.59 Å². The van der Waals surface area contributed by atoms with Gasteiger partial charge in [-0.25, -0.2) is 8.42 Å². The number of carbonyl (C=O) groups excluding carboxylic acids is 2. The molecule has 1 aromatic rings. The molecule has 0 fully saturated rings. The van der Waals surface area contributed by atoms with Crippen molar-refractivity contribution in [2.45, 2.75) is 58.9 Å². The molecule has 1 aromatic carbocycles. The van der Waals surface area contributed by atoms with E-state index in [0.29, 0.717) is 25.2 Å². The zero-order chi connectivity index (χ0) is 22.4. The van der Waals surface area contributed by atoms with Crippen molar-refractivity contribution < 1.29 is 18.0 Å². The first-order valence-corrected chi connectivity index (χ1v) is 11.7. The molecule has 0 heterocycles. The van der Waals surface area contributed by atoms with Gasteiger partial charge in [0.05, 0.1) is 5.02 Å². The van der Waals surface area contributed by atoms with Crippen LogP contribution in [0.4, 0.5) is 5.69 Å². The Morgan fingerprint density at radius 2 is 1.69 bits per heavy atom. The highest BCUT2D eigenvalue weighted by Gasteiger charge is 2.27. The monoisotopic (exact) mass is 445 g/mol. The standard InChI is InChI=1S/C20H32ClN3O4S/c1-7-24(8-2)29(27,28)17-12-15(9-10-16(17)21)22-20(26)19(14(5)6)23-18(25)11-13(3)4/h9-10,12-14,19H,7-8,11H2,1-6H3,(H,22,26)(H,23,25). The van der Waals surface area contributed by atoms with Gasteiger partial charge in [0.1, 0.15) is 10.9 Å². The Labute approximate surface area is 179 Å². The van der Waals surface area contributed by atoms with Crippen LogP contribution >= 0.6 is 11.6 Å². The van der Waals surface area contributed by atoms with Crippen LogP contribution in [0, 0.1) is 11.8 Å². The number of halogens is 1. The SMILES string of the molecule is CCN(CC)S(=O)(=O)c1cc(NC(=O)C(NC(=O)CC(C)C)C(C)C)ccc1Cl. The maximum Gasteiger partial charge on any atom is 0.247 e. The second-order valence-electron chi connectivity index (χ2n) is 7.61. The third kappa shape index (κ3) is 6.97. The van der Waals surface area contributed by atoms with Gasteiger partial charge in [0.15, 0.2) is 0 Å². The van der Waals surface area contributed by atoms with Crippen molar-refractivity contribution in [1.82, 2.24) is 9.62 Å². The second kappa shape index (κ2) is 10.9. The number of benzene rings is 1. The maximum atomic E-state index is 12.8. The van der Waals surface area contributed by atoms with Crippen molar-refractivity contribution in [3.8, 4) is 0 Å². The van der Waals surface area contributed by atoms with Gasteiger partial charge in [0.25, 0.3) is 0 Å². The molecule has 0 aliphatic rings. The molecule has 9 heteroatoms. The van der Waals surface area contributed by atoms with Crippen molar-refractivity contribution >= 4 is 39.1 Å². The number of sulfonamides is 1. The van der Waals surface area contributed by atoms with Gasteiger partial charge in [-0.15, -0.1) is 0 Å². The quantitative estimate of drug-likeness (QED) is 0.576. The lowest BCUT2D eigenvalue weighted by Crippen LogP contribution is -2.47. The summed E-state index contributed by atoms with van der Waals surface area (Å²) in [5, 5.41) is 5.54. The van der Waals surface area contributed by atoms with E-state index in [2.05, 4.69) is 10.6 Å². The van der Waals surface area contributed by atoms with Crippen LogP contribution in [-0.2, 0) is 19.6 Å². The van der Waals surface area contributed by atoms with E-state index in [-0.39, 0.29) is 27.7 Å². The first-order chi connectivity index (χ1) is 13.4. The zero-order valence-electron chi connectivity index (χ0n) is 18.0. The molecule has 0 aromatic heterocycles. The van der Waals surface area contributed by atoms with Crippen molar-refractivity contribution in [2.24, 2.45) is 11.8 Å². The maximum absolute atomic E-state index is 12.8. The summed E-state index contributed by atoms with van der Waals surface area (Å²) in [5.74, 6) is -0.576. The Hall–Kier alpha value is -1.64. The van der Waals surface area contributed by atoms with E-state index in [4.69, 9.17) is 11.6 Å². The fourth-order valence-electron chi connectivity index (χ4n) is 2.84. The minimum atomic E-state index is -3.78. The average molecular weight is 446 g/mol. The van der Waals surface area contributed by atoms with Gasteiger partial charge in [0.2, 0.25) is 21.8 Å². The first-order valence-electron chi connectivity index (χ1n) is 9.83. The molecule has 0 aliphatic carbocycles. The summed E-state index contributed by atoms with van der Waals surface area (Å²) in [6.07, 6.45) is 0.323. The van der Waals surface area contributed by atoms with Crippen molar-refractivity contribution in [1.29, 1.82) is 0 Å². The number of nitrogens with zero attached hydrogens (tertiary/aromatic N) is 1. The minimum absolute atomic E-state index is 0.0643. The van der Waals surface area contributed by atoms with Gasteiger partial charge in [-0.05, 0) is 30.0 Å². The molecule has 1 unspecified atom stereocenters. The first kappa shape index (κ1) is 25.4. The molecule has 0 radical (unpaired) electrons. The van der Waals surface area contributed by atoms with E-state index in [1.165, 1.54) is 22.5 Å². The highest BCUT2D eigenvalue weighted by Crippen LogP contribution is 2.28. The number of nitrogens with one attached hydrogen (secondary N) is 2. The zero-order valence-corrected chi connectivity index (χ0v) is 19.5. The van der Waals surface area contributed by atoms with E-state index in [0.717, 1.165) is 0 Å². The lowest BCUT2D eigenvalue weighted by Gasteiger charge is -2.23. The Morgan fingerprint density at radius 1 is 1.10 bits per heavy atom. The van der Waals surface area contributed by atoms with E-state index in [1.54, 1.807) is 13.8 Å². The fourth-order valence-corrected chi connectivity index (χ4v) is 4.80. The van der Waals surface area contributed by atoms with Gasteiger partial charge in [0, 0.05) is 25.2 Å². The van der Waals surface area contributed by atoms with E-state index in [1.807, 2.05) is 27.7 Å². The molecule has 29 heavy (non-hydrogen) atoms. The summed E-state index contributed by atoms with van der Waals surface area (Å²) in [7, 11) is -3.78. The number of hydrogen-bond donors (Lipinski definition) is 2. The summed E-state index contributed by atoms with van der Waals surface area (Å²) in [6, 6.07) is 3.59. The van der Waals surface area contributed by atoms with Crippen LogP contribution in [0.2, 0.25) is 5.02 Å². The van der Waals surface area contributed by atoms with Crippen LogP contribution in [0.1, 0.15) is 48.0 Å². The van der Waals surface area contributed by atoms with Crippen LogP contribution in [0.15, 0.2) is 23.1 Å². The molecule has 7 nitrogen and oxygen atoms in total. The molecule has 0 aliphatic heterocycles. The molecule has 164 valence electrons. The normalized spacial score (nSPS) is 13.0. The molecular formula is C20H32ClN3O4S. The highest BCUT2D eigenvalue weighted by atomic mass is 35.5. The summed E-state index contributed by atoms with van der Waals surface area (Å²) in [5.41, 5.74) is 0.300. The minimum Gasteiger partial charge on any atom is -0.344 e. The average Bonchev–Trinajstić information content (AvgIpc) is 2.61. The van der Waals surface area contributed by atoms with Crippen molar-refractivity contribution in [2.75, 3.05) is 18.4 Å². The van der Waals surface area contributed by atoms with Crippen LogP contribution in [0.25, 0.3) is 0 Å². The van der Waals surface area contributed by atoms with Gasteiger partial charge in [-0.2, -0.15) is 4.31 Å². The molecule has 2 N–H and O–H groups in total. The summed E-state index contributed by atoms with van der Waals surface area (Å²) >= 11 is 6.13. The van der Waals surface area contributed by atoms with Crippen LogP contribution in [-0.4, -0.2) is 43.7 Å². The smallest absolute Gasteiger partial charge is 0.247 e. The van der Waals surface area contributed by atoms with E-state index in [9.17, 15) is 18.0 Å². The predicted molar refractivity (Wildman–Crippen MR) is 116 cm³/mol.